The first-order chi connectivity index (χ1) is 8.36. The first kappa shape index (κ1) is 15.4. The highest BCUT2D eigenvalue weighted by molar-refractivity contribution is 7.88. The van der Waals surface area contributed by atoms with Gasteiger partial charge in [-0.2, -0.15) is 0 Å². The van der Waals surface area contributed by atoms with E-state index in [9.17, 15) is 13.2 Å². The molecule has 1 fully saturated rings. The van der Waals surface area contributed by atoms with Crippen LogP contribution in [0.15, 0.2) is 0 Å². The number of nitrogens with two attached hydrogens (primary N) is 1. The van der Waals surface area contributed by atoms with E-state index in [2.05, 4.69) is 0 Å². The number of hydrogen-bond donors (Lipinski definition) is 1. The fourth-order valence-corrected chi connectivity index (χ4v) is 2.99. The van der Waals surface area contributed by atoms with E-state index in [1.165, 1.54) is 10.6 Å². The van der Waals surface area contributed by atoms with Crippen LogP contribution in [0.5, 0.6) is 0 Å². The molecule has 1 atom stereocenters. The smallest absolute Gasteiger partial charge is 0.239 e. The summed E-state index contributed by atoms with van der Waals surface area (Å²) >= 11 is 0. The van der Waals surface area contributed by atoms with Crippen LogP contribution in [0.4, 0.5) is 0 Å². The van der Waals surface area contributed by atoms with Crippen molar-refractivity contribution in [2.45, 2.75) is 32.2 Å². The zero-order chi connectivity index (χ0) is 13.8. The molecule has 0 aromatic rings. The second-order valence-electron chi connectivity index (χ2n) is 4.74. The minimum Gasteiger partial charge on any atom is -0.340 e. The Morgan fingerprint density at radius 1 is 1.28 bits per heavy atom. The summed E-state index contributed by atoms with van der Waals surface area (Å²) in [5.74, 6) is -0.0628. The van der Waals surface area contributed by atoms with E-state index in [1.807, 2.05) is 6.92 Å². The van der Waals surface area contributed by atoms with Crippen molar-refractivity contribution in [3.05, 3.63) is 0 Å². The van der Waals surface area contributed by atoms with Crippen LogP contribution >= 0.6 is 0 Å². The highest BCUT2D eigenvalue weighted by Gasteiger charge is 2.26. The molecule has 0 aliphatic carbocycles. The van der Waals surface area contributed by atoms with E-state index in [1.54, 1.807) is 4.90 Å². The highest BCUT2D eigenvalue weighted by atomic mass is 32.2. The van der Waals surface area contributed by atoms with Gasteiger partial charge in [0.15, 0.2) is 0 Å². The Hall–Kier alpha value is -0.660. The number of nitrogens with zero attached hydrogens (tertiary/aromatic N) is 2. The summed E-state index contributed by atoms with van der Waals surface area (Å²) in [6, 6.07) is -0.459. The average Bonchev–Trinajstić information content (AvgIpc) is 2.53. The van der Waals surface area contributed by atoms with E-state index < -0.39 is 16.1 Å². The molecule has 1 rings (SSSR count). The number of rotatable bonds is 4. The third kappa shape index (κ3) is 4.22. The topological polar surface area (TPSA) is 83.7 Å². The quantitative estimate of drug-likeness (QED) is 0.758. The molecule has 0 bridgehead atoms. The largest absolute Gasteiger partial charge is 0.340 e. The molecule has 6 nitrogen and oxygen atoms in total. The van der Waals surface area contributed by atoms with Gasteiger partial charge in [-0.25, -0.2) is 12.7 Å². The lowest BCUT2D eigenvalue weighted by Crippen LogP contribution is -2.45. The Kier molecular flexibility index (Phi) is 5.55. The fourth-order valence-electron chi connectivity index (χ4n) is 2.11. The van der Waals surface area contributed by atoms with Crippen LogP contribution in [-0.4, -0.2) is 62.0 Å². The lowest BCUT2D eigenvalue weighted by Gasteiger charge is -2.24. The molecule has 1 saturated heterocycles. The van der Waals surface area contributed by atoms with Gasteiger partial charge in [0, 0.05) is 26.2 Å². The molecule has 1 amide bonds. The van der Waals surface area contributed by atoms with Gasteiger partial charge in [0.1, 0.15) is 0 Å². The van der Waals surface area contributed by atoms with Crippen molar-refractivity contribution >= 4 is 15.9 Å². The van der Waals surface area contributed by atoms with Crippen LogP contribution in [0.25, 0.3) is 0 Å². The Bertz CT molecular complexity index is 383. The summed E-state index contributed by atoms with van der Waals surface area (Å²) in [7, 11) is -3.16. The third-order valence-electron chi connectivity index (χ3n) is 3.15. The van der Waals surface area contributed by atoms with Crippen molar-refractivity contribution in [1.29, 1.82) is 0 Å². The zero-order valence-electron chi connectivity index (χ0n) is 11.1. The predicted molar refractivity (Wildman–Crippen MR) is 70.5 cm³/mol. The van der Waals surface area contributed by atoms with Crippen LogP contribution < -0.4 is 5.73 Å². The van der Waals surface area contributed by atoms with Crippen molar-refractivity contribution in [2.75, 3.05) is 32.4 Å². The van der Waals surface area contributed by atoms with Gasteiger partial charge in [-0.3, -0.25) is 4.79 Å². The number of carbonyl (C=O) groups excluding carboxylic acids is 1. The van der Waals surface area contributed by atoms with Gasteiger partial charge in [0.25, 0.3) is 0 Å². The maximum atomic E-state index is 12.0. The molecule has 7 heteroatoms. The van der Waals surface area contributed by atoms with Gasteiger partial charge in [0.05, 0.1) is 12.3 Å². The fraction of sp³-hybridized carbons (Fsp3) is 0.909. The summed E-state index contributed by atoms with van der Waals surface area (Å²) in [4.78, 5) is 13.7. The maximum Gasteiger partial charge on any atom is 0.239 e. The van der Waals surface area contributed by atoms with Gasteiger partial charge in [-0.1, -0.05) is 13.3 Å². The van der Waals surface area contributed by atoms with Crippen LogP contribution in [0.1, 0.15) is 26.2 Å². The Balaban J connectivity index is 2.59. The molecule has 0 aromatic heterocycles. The van der Waals surface area contributed by atoms with E-state index in [0.29, 0.717) is 39.0 Å². The van der Waals surface area contributed by atoms with Crippen molar-refractivity contribution in [2.24, 2.45) is 5.73 Å². The second-order valence-corrected chi connectivity index (χ2v) is 6.72. The first-order valence-corrected chi connectivity index (χ1v) is 8.20. The maximum absolute atomic E-state index is 12.0. The number of carbonyl (C=O) groups is 1. The first-order valence-electron chi connectivity index (χ1n) is 6.35. The molecule has 0 spiro atoms. The molecule has 0 aromatic carbocycles. The van der Waals surface area contributed by atoms with E-state index in [-0.39, 0.29) is 5.91 Å². The summed E-state index contributed by atoms with van der Waals surface area (Å²) in [6.07, 6.45) is 3.41. The lowest BCUT2D eigenvalue weighted by atomic mass is 10.1. The molecule has 0 radical (unpaired) electrons. The molecule has 1 unspecified atom stereocenters. The Morgan fingerprint density at radius 3 is 2.50 bits per heavy atom. The van der Waals surface area contributed by atoms with E-state index >= 15 is 0 Å². The predicted octanol–water partition coefficient (Wildman–Crippen LogP) is -0.392. The lowest BCUT2D eigenvalue weighted by molar-refractivity contribution is -0.132. The standard InChI is InChI=1S/C11H23N3O3S/c1-3-5-10(12)11(15)13-6-4-7-14(9-8-13)18(2,16)17/h10H,3-9,12H2,1-2H3. The summed E-state index contributed by atoms with van der Waals surface area (Å²) < 4.78 is 24.3. The summed E-state index contributed by atoms with van der Waals surface area (Å²) in [5.41, 5.74) is 5.81. The molecule has 1 aliphatic rings. The van der Waals surface area contributed by atoms with Gasteiger partial charge in [-0.15, -0.1) is 0 Å². The summed E-state index contributed by atoms with van der Waals surface area (Å²) in [5, 5.41) is 0. The molecule has 2 N–H and O–H groups in total. The summed E-state index contributed by atoms with van der Waals surface area (Å²) in [6.45, 7) is 3.85. The van der Waals surface area contributed by atoms with E-state index in [0.717, 1.165) is 6.42 Å². The average molecular weight is 277 g/mol. The van der Waals surface area contributed by atoms with Crippen LogP contribution in [-0.2, 0) is 14.8 Å². The molecular weight excluding hydrogens is 254 g/mol. The molecule has 106 valence electrons. The molecule has 0 saturated carbocycles. The van der Waals surface area contributed by atoms with Crippen molar-refractivity contribution in [3.63, 3.8) is 0 Å². The van der Waals surface area contributed by atoms with Crippen molar-refractivity contribution in [3.8, 4) is 0 Å². The molecular formula is C11H23N3O3S. The number of hydrogen-bond acceptors (Lipinski definition) is 4. The van der Waals surface area contributed by atoms with Gasteiger partial charge in [-0.05, 0) is 12.8 Å². The number of amides is 1. The van der Waals surface area contributed by atoms with Crippen molar-refractivity contribution < 1.29 is 13.2 Å². The molecule has 18 heavy (non-hydrogen) atoms. The Morgan fingerprint density at radius 2 is 1.94 bits per heavy atom. The normalized spacial score (nSPS) is 20.5. The zero-order valence-corrected chi connectivity index (χ0v) is 11.9. The van der Waals surface area contributed by atoms with Crippen LogP contribution in [0.3, 0.4) is 0 Å². The van der Waals surface area contributed by atoms with E-state index in [4.69, 9.17) is 5.73 Å². The second kappa shape index (κ2) is 6.49. The van der Waals surface area contributed by atoms with Crippen LogP contribution in [0, 0.1) is 0 Å². The molecule has 1 aliphatic heterocycles. The van der Waals surface area contributed by atoms with Crippen molar-refractivity contribution in [1.82, 2.24) is 9.21 Å². The van der Waals surface area contributed by atoms with Gasteiger partial charge < -0.3 is 10.6 Å². The van der Waals surface area contributed by atoms with Crippen LogP contribution in [0.2, 0.25) is 0 Å². The number of sulfonamides is 1. The van der Waals surface area contributed by atoms with Gasteiger partial charge in [0.2, 0.25) is 15.9 Å². The minimum atomic E-state index is -3.16. The highest BCUT2D eigenvalue weighted by Crippen LogP contribution is 2.09. The SMILES string of the molecule is CCCC(N)C(=O)N1CCCN(S(C)(=O)=O)CC1. The third-order valence-corrected chi connectivity index (χ3v) is 4.46. The minimum absolute atomic E-state index is 0.0628. The Labute approximate surface area is 109 Å². The monoisotopic (exact) mass is 277 g/mol. The van der Waals surface area contributed by atoms with Gasteiger partial charge >= 0.3 is 0 Å². The molecule has 1 heterocycles.